The van der Waals surface area contributed by atoms with Gasteiger partial charge in [-0.05, 0) is 36.4 Å². The smallest absolute Gasteiger partial charge is 0.275 e. The van der Waals surface area contributed by atoms with Crippen molar-refractivity contribution in [2.24, 2.45) is 0 Å². The second-order valence-corrected chi connectivity index (χ2v) is 6.26. The Labute approximate surface area is 159 Å². The zero-order chi connectivity index (χ0) is 17.8. The van der Waals surface area contributed by atoms with E-state index < -0.39 is 5.91 Å². The molecule has 8 heteroatoms. The first-order chi connectivity index (χ1) is 12.0. The van der Waals surface area contributed by atoms with Crippen LogP contribution >= 0.6 is 34.8 Å². The number of nitrogens with zero attached hydrogens (tertiary/aromatic N) is 2. The molecule has 0 aliphatic heterocycles. The summed E-state index contributed by atoms with van der Waals surface area (Å²) in [5.41, 5.74) is 1.46. The average Bonchev–Trinajstić information content (AvgIpc) is 2.59. The van der Waals surface area contributed by atoms with Crippen molar-refractivity contribution in [3.05, 3.63) is 75.6 Å². The van der Waals surface area contributed by atoms with Crippen molar-refractivity contribution in [1.82, 2.24) is 9.97 Å². The van der Waals surface area contributed by atoms with Gasteiger partial charge < -0.3 is 10.6 Å². The Bertz CT molecular complexity index is 916. The maximum absolute atomic E-state index is 12.2. The van der Waals surface area contributed by atoms with Crippen LogP contribution < -0.4 is 10.6 Å². The summed E-state index contributed by atoms with van der Waals surface area (Å²) in [5.74, 6) is 0.0912. The van der Waals surface area contributed by atoms with Crippen molar-refractivity contribution in [1.29, 1.82) is 0 Å². The molecule has 126 valence electrons. The van der Waals surface area contributed by atoms with Crippen molar-refractivity contribution in [3.63, 3.8) is 0 Å². The van der Waals surface area contributed by atoms with E-state index in [9.17, 15) is 4.79 Å². The van der Waals surface area contributed by atoms with Gasteiger partial charge in [0.2, 0.25) is 0 Å². The zero-order valence-corrected chi connectivity index (χ0v) is 14.9. The third kappa shape index (κ3) is 4.60. The molecule has 2 N–H and O–H groups in total. The molecule has 3 rings (SSSR count). The first-order valence-electron chi connectivity index (χ1n) is 7.12. The highest BCUT2D eigenvalue weighted by Crippen LogP contribution is 2.25. The monoisotopic (exact) mass is 392 g/mol. The molecule has 0 unspecified atom stereocenters. The third-order valence-corrected chi connectivity index (χ3v) is 4.13. The average molecular weight is 394 g/mol. The van der Waals surface area contributed by atoms with Crippen LogP contribution in [-0.4, -0.2) is 15.9 Å². The molecule has 2 aromatic carbocycles. The Morgan fingerprint density at radius 1 is 0.880 bits per heavy atom. The van der Waals surface area contributed by atoms with E-state index in [1.807, 2.05) is 12.1 Å². The molecule has 0 aliphatic carbocycles. The van der Waals surface area contributed by atoms with Crippen molar-refractivity contribution < 1.29 is 4.79 Å². The molecule has 0 saturated heterocycles. The van der Waals surface area contributed by atoms with Crippen LogP contribution in [0, 0.1) is 0 Å². The van der Waals surface area contributed by atoms with Gasteiger partial charge in [0.1, 0.15) is 11.5 Å². The fourth-order valence-corrected chi connectivity index (χ4v) is 2.48. The first-order valence-corrected chi connectivity index (χ1v) is 8.26. The molecule has 0 aliphatic rings. The Hall–Kier alpha value is -2.34. The van der Waals surface area contributed by atoms with E-state index in [2.05, 4.69) is 20.6 Å². The van der Waals surface area contributed by atoms with Crippen LogP contribution in [0.3, 0.4) is 0 Å². The van der Waals surface area contributed by atoms with Crippen molar-refractivity contribution >= 4 is 57.9 Å². The summed E-state index contributed by atoms with van der Waals surface area (Å²) < 4.78 is 0. The van der Waals surface area contributed by atoms with E-state index in [0.717, 1.165) is 5.69 Å². The maximum atomic E-state index is 12.2. The summed E-state index contributed by atoms with van der Waals surface area (Å²) in [4.78, 5) is 20.5. The predicted octanol–water partition coefficient (Wildman–Crippen LogP) is 5.43. The number of hydrogen-bond donors (Lipinski definition) is 2. The molecule has 0 fully saturated rings. The molecule has 1 amide bonds. The lowest BCUT2D eigenvalue weighted by Crippen LogP contribution is -2.14. The molecule has 25 heavy (non-hydrogen) atoms. The van der Waals surface area contributed by atoms with Gasteiger partial charge in [0.15, 0.2) is 0 Å². The number of carbonyl (C=O) groups is 1. The van der Waals surface area contributed by atoms with Gasteiger partial charge in [-0.15, -0.1) is 0 Å². The Balaban J connectivity index is 1.68. The van der Waals surface area contributed by atoms with Crippen LogP contribution in [0.1, 0.15) is 10.5 Å². The molecule has 0 radical (unpaired) electrons. The number of rotatable bonds is 4. The van der Waals surface area contributed by atoms with Gasteiger partial charge in [0.05, 0.1) is 22.4 Å². The summed E-state index contributed by atoms with van der Waals surface area (Å²) in [7, 11) is 0. The minimum Gasteiger partial charge on any atom is -0.339 e. The summed E-state index contributed by atoms with van der Waals surface area (Å²) in [6.45, 7) is 0. The molecule has 3 aromatic rings. The lowest BCUT2D eigenvalue weighted by Gasteiger charge is -2.08. The topological polar surface area (TPSA) is 66.9 Å². The van der Waals surface area contributed by atoms with Gasteiger partial charge in [-0.2, -0.15) is 0 Å². The number of hydrogen-bond acceptors (Lipinski definition) is 4. The second kappa shape index (κ2) is 7.70. The van der Waals surface area contributed by atoms with Crippen molar-refractivity contribution in [2.45, 2.75) is 0 Å². The van der Waals surface area contributed by atoms with Crippen LogP contribution in [-0.2, 0) is 0 Å². The molecular weight excluding hydrogens is 383 g/mol. The number of carbonyl (C=O) groups excluding carboxylic acids is 1. The highest BCUT2D eigenvalue weighted by atomic mass is 35.5. The summed E-state index contributed by atoms with van der Waals surface area (Å²) in [6.07, 6.45) is 2.84. The standard InChI is InChI=1S/C17H11Cl3N4O/c18-10-2-1-3-11(6-10)23-16-9-21-15(8-22-16)17(25)24-12-4-5-13(19)14(20)7-12/h1-9H,(H,22,23)(H,24,25). The molecule has 1 aromatic heterocycles. The van der Waals surface area contributed by atoms with Crippen molar-refractivity contribution in [2.75, 3.05) is 10.6 Å². The summed E-state index contributed by atoms with van der Waals surface area (Å²) >= 11 is 17.7. The van der Waals surface area contributed by atoms with E-state index in [-0.39, 0.29) is 5.69 Å². The number of anilines is 3. The first kappa shape index (κ1) is 17.5. The van der Waals surface area contributed by atoms with E-state index in [4.69, 9.17) is 34.8 Å². The van der Waals surface area contributed by atoms with Gasteiger partial charge in [-0.1, -0.05) is 40.9 Å². The van der Waals surface area contributed by atoms with Crippen LogP contribution in [0.15, 0.2) is 54.9 Å². The van der Waals surface area contributed by atoms with Crippen LogP contribution in [0.25, 0.3) is 0 Å². The summed E-state index contributed by atoms with van der Waals surface area (Å²) in [6, 6.07) is 12.0. The molecule has 1 heterocycles. The molecule has 0 atom stereocenters. The Kier molecular flexibility index (Phi) is 5.38. The zero-order valence-electron chi connectivity index (χ0n) is 12.6. The van der Waals surface area contributed by atoms with Gasteiger partial charge in [0.25, 0.3) is 5.91 Å². The minimum atomic E-state index is -0.403. The molecular formula is C17H11Cl3N4O. The lowest BCUT2D eigenvalue weighted by atomic mass is 10.3. The minimum absolute atomic E-state index is 0.169. The SMILES string of the molecule is O=C(Nc1ccc(Cl)c(Cl)c1)c1cnc(Nc2cccc(Cl)c2)cn1. The quantitative estimate of drug-likeness (QED) is 0.620. The van der Waals surface area contributed by atoms with Crippen molar-refractivity contribution in [3.8, 4) is 0 Å². The largest absolute Gasteiger partial charge is 0.339 e. The highest BCUT2D eigenvalue weighted by molar-refractivity contribution is 6.42. The van der Waals surface area contributed by atoms with Crippen LogP contribution in [0.2, 0.25) is 15.1 Å². The van der Waals surface area contributed by atoms with Gasteiger partial charge >= 0.3 is 0 Å². The fourth-order valence-electron chi connectivity index (χ4n) is 1.99. The molecule has 0 spiro atoms. The molecule has 0 saturated carbocycles. The van der Waals surface area contributed by atoms with Gasteiger partial charge in [0, 0.05) is 16.4 Å². The number of nitrogens with one attached hydrogen (secondary N) is 2. The van der Waals surface area contributed by atoms with Crippen LogP contribution in [0.4, 0.5) is 17.2 Å². The number of halogens is 3. The Morgan fingerprint density at radius 2 is 1.72 bits per heavy atom. The maximum Gasteiger partial charge on any atom is 0.275 e. The number of benzene rings is 2. The van der Waals surface area contributed by atoms with Gasteiger partial charge in [-0.3, -0.25) is 4.79 Å². The fraction of sp³-hybridized carbons (Fsp3) is 0. The number of amides is 1. The second-order valence-electron chi connectivity index (χ2n) is 5.01. The lowest BCUT2D eigenvalue weighted by molar-refractivity contribution is 0.102. The number of aromatic nitrogens is 2. The van der Waals surface area contributed by atoms with Crippen LogP contribution in [0.5, 0.6) is 0 Å². The molecule has 5 nitrogen and oxygen atoms in total. The molecule has 0 bridgehead atoms. The Morgan fingerprint density at radius 3 is 2.40 bits per heavy atom. The highest BCUT2D eigenvalue weighted by Gasteiger charge is 2.10. The van der Waals surface area contributed by atoms with E-state index in [1.54, 1.807) is 30.3 Å². The predicted molar refractivity (Wildman–Crippen MR) is 101 cm³/mol. The van der Waals surface area contributed by atoms with E-state index in [0.29, 0.717) is 26.6 Å². The summed E-state index contributed by atoms with van der Waals surface area (Å²) in [5, 5.41) is 7.11. The normalized spacial score (nSPS) is 10.4. The van der Waals surface area contributed by atoms with Gasteiger partial charge in [-0.25, -0.2) is 9.97 Å². The third-order valence-electron chi connectivity index (χ3n) is 3.16. The van der Waals surface area contributed by atoms with E-state index in [1.165, 1.54) is 12.4 Å². The van der Waals surface area contributed by atoms with E-state index >= 15 is 0 Å².